The molecule has 4 nitrogen and oxygen atoms in total. The summed E-state index contributed by atoms with van der Waals surface area (Å²) < 4.78 is 10.1. The zero-order chi connectivity index (χ0) is 37.1. The van der Waals surface area contributed by atoms with E-state index in [1.807, 2.05) is 60.7 Å². The van der Waals surface area contributed by atoms with Gasteiger partial charge in [0.2, 0.25) is 0 Å². The molecule has 4 aromatic carbocycles. The van der Waals surface area contributed by atoms with Crippen molar-refractivity contribution in [1.29, 1.82) is 0 Å². The van der Waals surface area contributed by atoms with Crippen molar-refractivity contribution in [2.24, 2.45) is 0 Å². The number of hydrogen-bond donors (Lipinski definition) is 2. The molecule has 0 saturated heterocycles. The number of benzene rings is 4. The van der Waals surface area contributed by atoms with Crippen LogP contribution in [0.3, 0.4) is 0 Å². The second-order valence-electron chi connectivity index (χ2n) is 9.75. The molecule has 0 bridgehead atoms. The Morgan fingerprint density at radius 1 is 0.558 bits per heavy atom. The molecular weight excluding hydrogens is 662 g/mol. The Balaban J connectivity index is -0.000000587. The molecule has 7 heteroatoms. The van der Waals surface area contributed by atoms with Gasteiger partial charge in [0, 0.05) is 13.4 Å². The highest BCUT2D eigenvalue weighted by Gasteiger charge is 2.07. The van der Waals surface area contributed by atoms with Gasteiger partial charge < -0.3 is 19.5 Å². The highest BCUT2D eigenvalue weighted by molar-refractivity contribution is 6.58. The van der Waals surface area contributed by atoms with Gasteiger partial charge >= 0.3 is 7.12 Å². The fourth-order valence-electron chi connectivity index (χ4n) is 3.46. The van der Waals surface area contributed by atoms with Gasteiger partial charge in [-0.15, -0.1) is 0 Å². The van der Waals surface area contributed by atoms with E-state index in [9.17, 15) is 0 Å². The van der Waals surface area contributed by atoms with Crippen LogP contribution >= 0.6 is 11.6 Å². The molecule has 4 rings (SSSR count). The quantitative estimate of drug-likeness (QED) is 0.114. The first kappa shape index (κ1) is 51.0. The van der Waals surface area contributed by atoms with E-state index >= 15 is 0 Å². The van der Waals surface area contributed by atoms with Crippen molar-refractivity contribution in [3.8, 4) is 81.8 Å². The molecule has 0 aromatic heterocycles. The average molecular weight is 712 g/mol. The lowest BCUT2D eigenvalue weighted by atomic mass is 9.81. The molecular formula is C45H50B2ClO4. The molecule has 0 unspecified atom stereocenters. The lowest BCUT2D eigenvalue weighted by Gasteiger charge is -2.03. The molecule has 0 amide bonds. The summed E-state index contributed by atoms with van der Waals surface area (Å²) in [5.74, 6) is 27.2. The number of ether oxygens (including phenoxy) is 2. The highest BCUT2D eigenvalue weighted by Crippen LogP contribution is 2.23. The Hall–Kier alpha value is -5.38. The van der Waals surface area contributed by atoms with E-state index in [0.29, 0.717) is 10.5 Å². The molecule has 0 aliphatic heterocycles. The molecule has 0 heterocycles. The number of hydrogen-bond acceptors (Lipinski definition) is 4. The standard InChI is InChI=1S/C13H12O.C12H6.C7H7ClO.C6H7BO2.C6H14.CH4.B/c1-14-13-9-5-8-12(10-13)11-6-3-2-4-7-11;1-3-5-7-9-11-12-10-8-6-4-2;1-9-7-4-2-3-6(8)5-7;8-7(9)6-4-2-1-3-5-6;1-3-5-6-4-2;;/h2-10H,1H3;1-2H3;2-5H,1H3;1-5,8-9H;3-6H2,1-2H3;1H4;. The second-order valence-corrected chi connectivity index (χ2v) is 10.2. The number of halogens is 1. The topological polar surface area (TPSA) is 58.9 Å². The molecule has 267 valence electrons. The molecule has 0 aliphatic rings. The predicted molar refractivity (Wildman–Crippen MR) is 225 cm³/mol. The Kier molecular flexibility index (Phi) is 36.2. The van der Waals surface area contributed by atoms with Crippen LogP contribution in [0, 0.1) is 59.2 Å². The van der Waals surface area contributed by atoms with Crippen molar-refractivity contribution in [1.82, 2.24) is 0 Å². The average Bonchev–Trinajstić information content (AvgIpc) is 3.17. The Morgan fingerprint density at radius 3 is 1.33 bits per heavy atom. The minimum absolute atomic E-state index is 0. The van der Waals surface area contributed by atoms with E-state index < -0.39 is 7.12 Å². The molecule has 4 aromatic rings. The Bertz CT molecular complexity index is 1740. The first-order valence-electron chi connectivity index (χ1n) is 16.1. The summed E-state index contributed by atoms with van der Waals surface area (Å²) in [5.41, 5.74) is 2.92. The predicted octanol–water partition coefficient (Wildman–Crippen LogP) is 8.96. The lowest BCUT2D eigenvalue weighted by molar-refractivity contribution is 0.415. The molecule has 2 N–H and O–H groups in total. The van der Waals surface area contributed by atoms with E-state index in [1.54, 1.807) is 58.4 Å². The second kappa shape index (κ2) is 36.9. The Morgan fingerprint density at radius 2 is 0.962 bits per heavy atom. The maximum atomic E-state index is 8.58. The van der Waals surface area contributed by atoms with E-state index in [4.69, 9.17) is 31.1 Å². The van der Waals surface area contributed by atoms with Gasteiger partial charge in [0.25, 0.3) is 0 Å². The van der Waals surface area contributed by atoms with Crippen molar-refractivity contribution < 1.29 is 19.5 Å². The molecule has 52 heavy (non-hydrogen) atoms. The van der Waals surface area contributed by atoms with Crippen LogP contribution in [0.5, 0.6) is 11.5 Å². The van der Waals surface area contributed by atoms with E-state index in [2.05, 4.69) is 91.3 Å². The number of methoxy groups -OCH3 is 2. The van der Waals surface area contributed by atoms with Gasteiger partial charge in [-0.2, -0.15) is 0 Å². The molecule has 0 saturated carbocycles. The minimum Gasteiger partial charge on any atom is -0.497 e. The number of rotatable bonds is 7. The smallest absolute Gasteiger partial charge is 0.488 e. The summed E-state index contributed by atoms with van der Waals surface area (Å²) >= 11 is 5.64. The van der Waals surface area contributed by atoms with Gasteiger partial charge in [0.05, 0.1) is 14.2 Å². The molecule has 0 spiro atoms. The van der Waals surface area contributed by atoms with Crippen LogP contribution in [-0.4, -0.2) is 39.8 Å². The SMILES string of the molecule is C.CC#CC#CC#CC#CC#CC.CCCCCC.COc1cccc(-c2ccccc2)c1.COc1cccc(Cl)c1.OB(O)c1ccccc1.[B]. The summed E-state index contributed by atoms with van der Waals surface area (Å²) in [5, 5.41) is 17.9. The monoisotopic (exact) mass is 711 g/mol. The van der Waals surface area contributed by atoms with Crippen LogP contribution in [0.1, 0.15) is 60.8 Å². The van der Waals surface area contributed by atoms with Crippen LogP contribution in [0.15, 0.2) is 109 Å². The molecule has 0 fully saturated rings. The summed E-state index contributed by atoms with van der Waals surface area (Å²) in [7, 11) is 1.96. The van der Waals surface area contributed by atoms with Gasteiger partial charge in [-0.1, -0.05) is 149 Å². The van der Waals surface area contributed by atoms with E-state index in [0.717, 1.165) is 11.5 Å². The zero-order valence-corrected chi connectivity index (χ0v) is 31.2. The largest absolute Gasteiger partial charge is 0.497 e. The van der Waals surface area contributed by atoms with Crippen LogP contribution < -0.4 is 14.9 Å². The molecule has 0 aliphatic carbocycles. The van der Waals surface area contributed by atoms with Crippen molar-refractivity contribution in [3.63, 3.8) is 0 Å². The van der Waals surface area contributed by atoms with Crippen molar-refractivity contribution in [3.05, 3.63) is 114 Å². The molecule has 0 atom stereocenters. The van der Waals surface area contributed by atoms with Gasteiger partial charge in [-0.3, -0.25) is 0 Å². The third-order valence-electron chi connectivity index (χ3n) is 5.95. The number of unbranched alkanes of at least 4 members (excludes halogenated alkanes) is 3. The van der Waals surface area contributed by atoms with Crippen LogP contribution in [0.2, 0.25) is 5.02 Å². The van der Waals surface area contributed by atoms with Gasteiger partial charge in [-0.05, 0) is 108 Å². The summed E-state index contributed by atoms with van der Waals surface area (Å²) in [4.78, 5) is 0. The third kappa shape index (κ3) is 28.5. The maximum absolute atomic E-state index is 8.58. The van der Waals surface area contributed by atoms with Crippen LogP contribution in [-0.2, 0) is 0 Å². The summed E-state index contributed by atoms with van der Waals surface area (Å²) in [6.07, 6.45) is 5.54. The van der Waals surface area contributed by atoms with Gasteiger partial charge in [0.1, 0.15) is 11.5 Å². The summed E-state index contributed by atoms with van der Waals surface area (Å²) in [6, 6.07) is 34.3. The van der Waals surface area contributed by atoms with E-state index in [1.165, 1.54) is 36.8 Å². The van der Waals surface area contributed by atoms with Crippen molar-refractivity contribution in [2.75, 3.05) is 14.2 Å². The zero-order valence-electron chi connectivity index (χ0n) is 30.5. The fraction of sp³-hybridized carbons (Fsp3) is 0.244. The molecule has 3 radical (unpaired) electrons. The Labute approximate surface area is 322 Å². The van der Waals surface area contributed by atoms with Crippen molar-refractivity contribution >= 4 is 32.6 Å². The van der Waals surface area contributed by atoms with Gasteiger partial charge in [0.15, 0.2) is 0 Å². The van der Waals surface area contributed by atoms with Crippen LogP contribution in [0.25, 0.3) is 11.1 Å². The first-order chi connectivity index (χ1) is 24.4. The van der Waals surface area contributed by atoms with Gasteiger partial charge in [-0.25, -0.2) is 0 Å². The maximum Gasteiger partial charge on any atom is 0.488 e. The van der Waals surface area contributed by atoms with Crippen molar-refractivity contribution in [2.45, 2.75) is 60.8 Å². The normalized spacial score (nSPS) is 7.71. The first-order valence-corrected chi connectivity index (χ1v) is 16.5. The lowest BCUT2D eigenvalue weighted by Crippen LogP contribution is -2.29. The van der Waals surface area contributed by atoms with E-state index in [-0.39, 0.29) is 15.8 Å². The third-order valence-corrected chi connectivity index (χ3v) is 6.19. The fourth-order valence-corrected chi connectivity index (χ4v) is 3.65. The van der Waals surface area contributed by atoms with Crippen LogP contribution in [0.4, 0.5) is 0 Å². The minimum atomic E-state index is -1.34. The summed E-state index contributed by atoms with van der Waals surface area (Å²) in [6.45, 7) is 7.91. The highest BCUT2D eigenvalue weighted by atomic mass is 35.5.